The lowest BCUT2D eigenvalue weighted by Crippen LogP contribution is -2.16. The van der Waals surface area contributed by atoms with E-state index in [0.717, 1.165) is 17.8 Å². The minimum absolute atomic E-state index is 0.200. The predicted molar refractivity (Wildman–Crippen MR) is 49.7 cm³/mol. The van der Waals surface area contributed by atoms with Crippen LogP contribution in [0.1, 0.15) is 18.3 Å². The molecule has 0 bridgehead atoms. The van der Waals surface area contributed by atoms with E-state index in [4.69, 9.17) is 10.9 Å². The molecule has 1 aromatic rings. The van der Waals surface area contributed by atoms with Crippen LogP contribution >= 0.6 is 0 Å². The smallest absolute Gasteiger partial charge is 0.145 e. The second-order valence-electron chi connectivity index (χ2n) is 2.87. The molecule has 1 heterocycles. The van der Waals surface area contributed by atoms with Gasteiger partial charge in [-0.1, -0.05) is 12.1 Å². The van der Waals surface area contributed by atoms with E-state index in [-0.39, 0.29) is 5.84 Å². The summed E-state index contributed by atoms with van der Waals surface area (Å²) in [4.78, 5) is 0. The summed E-state index contributed by atoms with van der Waals surface area (Å²) in [5.41, 5.74) is 7.35. The quantitative estimate of drug-likeness (QED) is 0.305. The van der Waals surface area contributed by atoms with E-state index < -0.39 is 0 Å². The van der Waals surface area contributed by atoms with Gasteiger partial charge < -0.3 is 10.9 Å². The van der Waals surface area contributed by atoms with Crippen LogP contribution in [0.25, 0.3) is 0 Å². The van der Waals surface area contributed by atoms with E-state index >= 15 is 0 Å². The van der Waals surface area contributed by atoms with Gasteiger partial charge in [-0.3, -0.25) is 4.68 Å². The van der Waals surface area contributed by atoms with Gasteiger partial charge in [0, 0.05) is 12.7 Å². The number of rotatable bonds is 3. The summed E-state index contributed by atoms with van der Waals surface area (Å²) in [7, 11) is 1.85. The molecule has 72 valence electrons. The zero-order valence-corrected chi connectivity index (χ0v) is 7.86. The average Bonchev–Trinajstić information content (AvgIpc) is 2.47. The van der Waals surface area contributed by atoms with Crippen molar-refractivity contribution in [2.45, 2.75) is 19.8 Å². The van der Waals surface area contributed by atoms with Gasteiger partial charge in [-0.15, -0.1) is 0 Å². The Bertz CT molecular complexity index is 316. The number of hydrogen-bond donors (Lipinski definition) is 2. The summed E-state index contributed by atoms with van der Waals surface area (Å²) in [6.45, 7) is 2.04. The van der Waals surface area contributed by atoms with Crippen LogP contribution in [-0.2, 0) is 19.9 Å². The van der Waals surface area contributed by atoms with Crippen LogP contribution in [0.5, 0.6) is 0 Å². The number of nitrogens with two attached hydrogens (primary N) is 1. The van der Waals surface area contributed by atoms with Crippen molar-refractivity contribution in [2.75, 3.05) is 0 Å². The fraction of sp³-hybridized carbons (Fsp3) is 0.500. The molecule has 0 saturated heterocycles. The first-order valence-corrected chi connectivity index (χ1v) is 4.15. The summed E-state index contributed by atoms with van der Waals surface area (Å²) < 4.78 is 1.75. The Morgan fingerprint density at radius 1 is 1.77 bits per heavy atom. The van der Waals surface area contributed by atoms with E-state index in [2.05, 4.69) is 10.3 Å². The Kier molecular flexibility index (Phi) is 2.89. The molecule has 0 fully saturated rings. The van der Waals surface area contributed by atoms with E-state index in [0.29, 0.717) is 6.42 Å². The van der Waals surface area contributed by atoms with Gasteiger partial charge in [0.1, 0.15) is 5.84 Å². The van der Waals surface area contributed by atoms with Crippen molar-refractivity contribution >= 4 is 5.84 Å². The number of aromatic nitrogens is 2. The van der Waals surface area contributed by atoms with Crippen molar-refractivity contribution in [3.63, 3.8) is 0 Å². The maximum absolute atomic E-state index is 8.38. The van der Waals surface area contributed by atoms with Crippen LogP contribution in [0, 0.1) is 0 Å². The second kappa shape index (κ2) is 3.93. The van der Waals surface area contributed by atoms with Crippen LogP contribution in [-0.4, -0.2) is 20.8 Å². The molecule has 0 aliphatic rings. The molecule has 13 heavy (non-hydrogen) atoms. The minimum Gasteiger partial charge on any atom is -0.409 e. The Labute approximate surface area is 76.8 Å². The molecular formula is C8H14N4O. The third kappa shape index (κ3) is 2.21. The maximum atomic E-state index is 8.38. The van der Waals surface area contributed by atoms with Gasteiger partial charge in [0.15, 0.2) is 0 Å². The average molecular weight is 182 g/mol. The van der Waals surface area contributed by atoms with Crippen LogP contribution in [0.15, 0.2) is 11.2 Å². The largest absolute Gasteiger partial charge is 0.409 e. The first kappa shape index (κ1) is 9.57. The first-order valence-electron chi connectivity index (χ1n) is 4.15. The van der Waals surface area contributed by atoms with Crippen molar-refractivity contribution in [1.82, 2.24) is 9.78 Å². The lowest BCUT2D eigenvalue weighted by atomic mass is 10.2. The number of aryl methyl sites for hydroxylation is 2. The summed E-state index contributed by atoms with van der Waals surface area (Å²) in [5.74, 6) is 0.200. The summed E-state index contributed by atoms with van der Waals surface area (Å²) in [6.07, 6.45) is 1.32. The molecule has 0 unspecified atom stereocenters. The fourth-order valence-electron chi connectivity index (χ4n) is 1.13. The molecule has 0 radical (unpaired) electrons. The molecule has 0 aliphatic carbocycles. The Morgan fingerprint density at radius 3 is 2.92 bits per heavy atom. The Hall–Kier alpha value is -1.52. The minimum atomic E-state index is 0.200. The number of amidine groups is 1. The fourth-order valence-corrected chi connectivity index (χ4v) is 1.13. The van der Waals surface area contributed by atoms with Gasteiger partial charge in [-0.05, 0) is 12.5 Å². The third-order valence-electron chi connectivity index (χ3n) is 1.88. The molecule has 0 saturated carbocycles. The first-order chi connectivity index (χ1) is 6.17. The van der Waals surface area contributed by atoms with Gasteiger partial charge in [0.2, 0.25) is 0 Å². The SMILES string of the molecule is CCc1cc(CC(N)=NO)n(C)n1. The highest BCUT2D eigenvalue weighted by Crippen LogP contribution is 2.04. The highest BCUT2D eigenvalue weighted by molar-refractivity contribution is 5.81. The summed E-state index contributed by atoms with van der Waals surface area (Å²) in [6, 6.07) is 1.96. The molecule has 0 aromatic carbocycles. The Balaban J connectivity index is 2.82. The molecule has 5 nitrogen and oxygen atoms in total. The normalized spacial score (nSPS) is 12.0. The lowest BCUT2D eigenvalue weighted by molar-refractivity contribution is 0.317. The van der Waals surface area contributed by atoms with Crippen LogP contribution < -0.4 is 5.73 Å². The van der Waals surface area contributed by atoms with Crippen LogP contribution in [0.2, 0.25) is 0 Å². The van der Waals surface area contributed by atoms with Crippen molar-refractivity contribution < 1.29 is 5.21 Å². The molecule has 0 amide bonds. The van der Waals surface area contributed by atoms with Crippen LogP contribution in [0.4, 0.5) is 0 Å². The van der Waals surface area contributed by atoms with Gasteiger partial charge in [0.25, 0.3) is 0 Å². The van der Waals surface area contributed by atoms with Gasteiger partial charge >= 0.3 is 0 Å². The van der Waals surface area contributed by atoms with Gasteiger partial charge in [-0.25, -0.2) is 0 Å². The second-order valence-corrected chi connectivity index (χ2v) is 2.87. The maximum Gasteiger partial charge on any atom is 0.145 e. The molecule has 1 aromatic heterocycles. The molecule has 0 aliphatic heterocycles. The summed E-state index contributed by atoms with van der Waals surface area (Å²) >= 11 is 0. The predicted octanol–water partition coefficient (Wildman–Crippen LogP) is 0.271. The lowest BCUT2D eigenvalue weighted by Gasteiger charge is -1.98. The van der Waals surface area contributed by atoms with Crippen molar-refractivity contribution in [1.29, 1.82) is 0 Å². The molecule has 0 atom stereocenters. The van der Waals surface area contributed by atoms with Gasteiger partial charge in [0.05, 0.1) is 12.1 Å². The molecule has 1 rings (SSSR count). The van der Waals surface area contributed by atoms with Crippen LogP contribution in [0.3, 0.4) is 0 Å². The number of hydrogen-bond acceptors (Lipinski definition) is 3. The zero-order valence-electron chi connectivity index (χ0n) is 7.86. The van der Waals surface area contributed by atoms with E-state index in [1.54, 1.807) is 4.68 Å². The topological polar surface area (TPSA) is 76.4 Å². The molecular weight excluding hydrogens is 168 g/mol. The van der Waals surface area contributed by atoms with E-state index in [1.165, 1.54) is 0 Å². The number of oxime groups is 1. The summed E-state index contributed by atoms with van der Waals surface area (Å²) in [5, 5.41) is 15.5. The molecule has 0 spiro atoms. The standard InChI is InChI=1S/C8H14N4O/c1-3-6-4-7(12(2)10-6)5-8(9)11-13/h4,13H,3,5H2,1-2H3,(H2,9,11). The van der Waals surface area contributed by atoms with E-state index in [9.17, 15) is 0 Å². The van der Waals surface area contributed by atoms with Crippen molar-refractivity contribution in [3.8, 4) is 0 Å². The molecule has 5 heteroatoms. The number of nitrogens with zero attached hydrogens (tertiary/aromatic N) is 3. The van der Waals surface area contributed by atoms with E-state index in [1.807, 2.05) is 20.0 Å². The van der Waals surface area contributed by atoms with Crippen molar-refractivity contribution in [3.05, 3.63) is 17.5 Å². The molecule has 3 N–H and O–H groups in total. The van der Waals surface area contributed by atoms with Crippen molar-refractivity contribution in [2.24, 2.45) is 17.9 Å². The monoisotopic (exact) mass is 182 g/mol. The highest BCUT2D eigenvalue weighted by atomic mass is 16.4. The zero-order chi connectivity index (χ0) is 9.84. The Morgan fingerprint density at radius 2 is 2.46 bits per heavy atom. The van der Waals surface area contributed by atoms with Gasteiger partial charge in [-0.2, -0.15) is 5.10 Å². The third-order valence-corrected chi connectivity index (χ3v) is 1.88. The highest BCUT2D eigenvalue weighted by Gasteiger charge is 2.05.